The molecular formula is C13H20N2O3S. The molecule has 0 N–H and O–H groups in total. The molecule has 0 spiro atoms. The maximum atomic E-state index is 11.3. The molecule has 0 amide bonds. The number of esters is 1. The van der Waals surface area contributed by atoms with Crippen LogP contribution in [0.3, 0.4) is 0 Å². The summed E-state index contributed by atoms with van der Waals surface area (Å²) in [7, 11) is 1.42. The summed E-state index contributed by atoms with van der Waals surface area (Å²) in [5.41, 5.74) is 2.88. The van der Waals surface area contributed by atoms with Gasteiger partial charge in [-0.3, -0.25) is 9.69 Å². The van der Waals surface area contributed by atoms with E-state index >= 15 is 0 Å². The quantitative estimate of drug-likeness (QED) is 0.713. The van der Waals surface area contributed by atoms with E-state index in [9.17, 15) is 4.79 Å². The zero-order valence-corrected chi connectivity index (χ0v) is 12.0. The molecule has 6 heteroatoms. The smallest absolute Gasteiger partial charge is 0.306 e. The predicted molar refractivity (Wildman–Crippen MR) is 73.0 cm³/mol. The molecule has 0 saturated carbocycles. The van der Waals surface area contributed by atoms with Crippen molar-refractivity contribution in [2.75, 3.05) is 26.8 Å². The Morgan fingerprint density at radius 2 is 2.58 bits per heavy atom. The lowest BCUT2D eigenvalue weighted by atomic mass is 10.2. The standard InChI is InChI=1S/C13H20N2O3S/c1-17-13(16)4-5-15(7-11-9-19-10-14-11)8-12-3-2-6-18-12/h9-10,12H,2-8H2,1H3. The van der Waals surface area contributed by atoms with Crippen molar-refractivity contribution in [3.63, 3.8) is 0 Å². The van der Waals surface area contributed by atoms with Crippen molar-refractivity contribution >= 4 is 17.3 Å². The van der Waals surface area contributed by atoms with Crippen LogP contribution in [0.15, 0.2) is 10.9 Å². The molecule has 1 aliphatic rings. The molecule has 1 aromatic rings. The lowest BCUT2D eigenvalue weighted by Gasteiger charge is -2.23. The van der Waals surface area contributed by atoms with Crippen LogP contribution < -0.4 is 0 Å². The zero-order valence-electron chi connectivity index (χ0n) is 11.2. The number of carbonyl (C=O) groups is 1. The van der Waals surface area contributed by atoms with Crippen LogP contribution in [0.25, 0.3) is 0 Å². The minimum Gasteiger partial charge on any atom is -0.469 e. The molecule has 0 radical (unpaired) electrons. The molecule has 0 bridgehead atoms. The van der Waals surface area contributed by atoms with Crippen LogP contribution in [0.1, 0.15) is 25.0 Å². The van der Waals surface area contributed by atoms with Gasteiger partial charge in [0.1, 0.15) is 0 Å². The predicted octanol–water partition coefficient (Wildman–Crippen LogP) is 1.69. The zero-order chi connectivity index (χ0) is 13.5. The molecule has 2 heterocycles. The summed E-state index contributed by atoms with van der Waals surface area (Å²) in [5.74, 6) is -0.171. The highest BCUT2D eigenvalue weighted by Gasteiger charge is 2.20. The largest absolute Gasteiger partial charge is 0.469 e. The summed E-state index contributed by atoms with van der Waals surface area (Å²) in [6, 6.07) is 0. The maximum Gasteiger partial charge on any atom is 0.306 e. The summed E-state index contributed by atoms with van der Waals surface area (Å²) in [6.07, 6.45) is 2.93. The van der Waals surface area contributed by atoms with E-state index in [1.807, 2.05) is 10.9 Å². The molecule has 1 saturated heterocycles. The van der Waals surface area contributed by atoms with Crippen LogP contribution in [0, 0.1) is 0 Å². The lowest BCUT2D eigenvalue weighted by Crippen LogP contribution is -2.33. The number of aromatic nitrogens is 1. The summed E-state index contributed by atoms with van der Waals surface area (Å²) in [4.78, 5) is 17.8. The van der Waals surface area contributed by atoms with Gasteiger partial charge in [-0.05, 0) is 12.8 Å². The second kappa shape index (κ2) is 7.57. The molecule has 19 heavy (non-hydrogen) atoms. The first-order valence-electron chi connectivity index (χ1n) is 6.56. The van der Waals surface area contributed by atoms with Gasteiger partial charge in [0.25, 0.3) is 0 Å². The minimum atomic E-state index is -0.171. The van der Waals surface area contributed by atoms with Gasteiger partial charge in [0.15, 0.2) is 0 Å². The summed E-state index contributed by atoms with van der Waals surface area (Å²) in [5, 5.41) is 2.04. The van der Waals surface area contributed by atoms with Gasteiger partial charge >= 0.3 is 5.97 Å². The van der Waals surface area contributed by atoms with Gasteiger partial charge in [0, 0.05) is 31.6 Å². The van der Waals surface area contributed by atoms with E-state index in [4.69, 9.17) is 9.47 Å². The Labute approximate surface area is 117 Å². The van der Waals surface area contributed by atoms with Gasteiger partial charge in [0.05, 0.1) is 30.8 Å². The highest BCUT2D eigenvalue weighted by molar-refractivity contribution is 7.07. The van der Waals surface area contributed by atoms with Crippen molar-refractivity contribution in [1.29, 1.82) is 0 Å². The lowest BCUT2D eigenvalue weighted by molar-refractivity contribution is -0.141. The Hall–Kier alpha value is -0.980. The van der Waals surface area contributed by atoms with E-state index in [0.717, 1.165) is 38.2 Å². The van der Waals surface area contributed by atoms with E-state index in [1.54, 1.807) is 11.3 Å². The number of nitrogens with zero attached hydrogens (tertiary/aromatic N) is 2. The van der Waals surface area contributed by atoms with E-state index < -0.39 is 0 Å². The van der Waals surface area contributed by atoms with Crippen molar-refractivity contribution in [3.05, 3.63) is 16.6 Å². The van der Waals surface area contributed by atoms with Crippen molar-refractivity contribution in [3.8, 4) is 0 Å². The van der Waals surface area contributed by atoms with E-state index in [2.05, 4.69) is 9.88 Å². The third kappa shape index (κ3) is 4.89. The third-order valence-corrected chi connectivity index (χ3v) is 3.85. The molecule has 5 nitrogen and oxygen atoms in total. The van der Waals surface area contributed by atoms with Gasteiger partial charge < -0.3 is 9.47 Å². The van der Waals surface area contributed by atoms with E-state index in [-0.39, 0.29) is 12.1 Å². The molecular weight excluding hydrogens is 264 g/mol. The summed E-state index contributed by atoms with van der Waals surface area (Å²) >= 11 is 1.59. The second-order valence-electron chi connectivity index (χ2n) is 4.68. The molecule has 1 atom stereocenters. The Morgan fingerprint density at radius 1 is 1.68 bits per heavy atom. The molecule has 1 aliphatic heterocycles. The van der Waals surface area contributed by atoms with Crippen molar-refractivity contribution in [2.24, 2.45) is 0 Å². The van der Waals surface area contributed by atoms with Crippen LogP contribution in [0.4, 0.5) is 0 Å². The average Bonchev–Trinajstić information content (AvgIpc) is 3.08. The Bertz CT molecular complexity index is 377. The fraction of sp³-hybridized carbons (Fsp3) is 0.692. The SMILES string of the molecule is COC(=O)CCN(Cc1cscn1)CC1CCCO1. The third-order valence-electron chi connectivity index (χ3n) is 3.21. The van der Waals surface area contributed by atoms with Gasteiger partial charge in [-0.25, -0.2) is 4.98 Å². The van der Waals surface area contributed by atoms with Gasteiger partial charge in [-0.2, -0.15) is 0 Å². The normalized spacial score (nSPS) is 18.9. The first-order chi connectivity index (χ1) is 9.28. The fourth-order valence-corrected chi connectivity index (χ4v) is 2.76. The van der Waals surface area contributed by atoms with Crippen LogP contribution in [-0.4, -0.2) is 48.8 Å². The molecule has 2 rings (SSSR count). The molecule has 0 aromatic carbocycles. The van der Waals surface area contributed by atoms with Crippen molar-refractivity contribution in [1.82, 2.24) is 9.88 Å². The number of methoxy groups -OCH3 is 1. The van der Waals surface area contributed by atoms with Crippen LogP contribution in [0.2, 0.25) is 0 Å². The monoisotopic (exact) mass is 284 g/mol. The highest BCUT2D eigenvalue weighted by Crippen LogP contribution is 2.15. The average molecular weight is 284 g/mol. The number of ether oxygens (including phenoxy) is 2. The minimum absolute atomic E-state index is 0.171. The number of thiazole rings is 1. The second-order valence-corrected chi connectivity index (χ2v) is 5.39. The number of carbonyl (C=O) groups excluding carboxylic acids is 1. The van der Waals surface area contributed by atoms with E-state index in [1.165, 1.54) is 7.11 Å². The Balaban J connectivity index is 1.85. The number of rotatable bonds is 7. The Kier molecular flexibility index (Phi) is 5.75. The summed E-state index contributed by atoms with van der Waals surface area (Å²) < 4.78 is 10.4. The molecule has 1 unspecified atom stereocenters. The summed E-state index contributed by atoms with van der Waals surface area (Å²) in [6.45, 7) is 3.16. The Morgan fingerprint density at radius 3 is 3.21 bits per heavy atom. The van der Waals surface area contributed by atoms with Gasteiger partial charge in [-0.15, -0.1) is 11.3 Å². The maximum absolute atomic E-state index is 11.3. The van der Waals surface area contributed by atoms with Gasteiger partial charge in [0.2, 0.25) is 0 Å². The number of hydrogen-bond donors (Lipinski definition) is 0. The van der Waals surface area contributed by atoms with Gasteiger partial charge in [-0.1, -0.05) is 0 Å². The molecule has 106 valence electrons. The van der Waals surface area contributed by atoms with Crippen molar-refractivity contribution < 1.29 is 14.3 Å². The molecule has 0 aliphatic carbocycles. The molecule has 1 aromatic heterocycles. The number of hydrogen-bond acceptors (Lipinski definition) is 6. The van der Waals surface area contributed by atoms with Crippen LogP contribution >= 0.6 is 11.3 Å². The van der Waals surface area contributed by atoms with E-state index in [0.29, 0.717) is 13.0 Å². The van der Waals surface area contributed by atoms with Crippen LogP contribution in [0.5, 0.6) is 0 Å². The fourth-order valence-electron chi connectivity index (χ4n) is 2.21. The van der Waals surface area contributed by atoms with Crippen LogP contribution in [-0.2, 0) is 20.8 Å². The first-order valence-corrected chi connectivity index (χ1v) is 7.50. The first kappa shape index (κ1) is 14.4. The molecule has 1 fully saturated rings. The highest BCUT2D eigenvalue weighted by atomic mass is 32.1. The van der Waals surface area contributed by atoms with Crippen molar-refractivity contribution in [2.45, 2.75) is 31.9 Å². The topological polar surface area (TPSA) is 51.7 Å².